The van der Waals surface area contributed by atoms with Gasteiger partial charge in [0.05, 0.1) is 0 Å². The van der Waals surface area contributed by atoms with Crippen molar-refractivity contribution in [3.05, 3.63) is 29.8 Å². The van der Waals surface area contributed by atoms with E-state index in [0.717, 1.165) is 31.4 Å². The molecule has 1 fully saturated rings. The summed E-state index contributed by atoms with van der Waals surface area (Å²) in [5.74, 6) is 1.82. The fourth-order valence-corrected chi connectivity index (χ4v) is 2.66. The van der Waals surface area contributed by atoms with E-state index in [0.29, 0.717) is 0 Å². The van der Waals surface area contributed by atoms with Crippen molar-refractivity contribution in [1.29, 1.82) is 0 Å². The molecule has 19 heavy (non-hydrogen) atoms. The number of likely N-dealkylation sites (tertiary alicyclic amines) is 1. The van der Waals surface area contributed by atoms with Gasteiger partial charge in [0, 0.05) is 6.54 Å². The molecule has 0 saturated carbocycles. The SMILES string of the molecule is Cc1ccc(OCCN2CCC(CCN)CC2)cc1. The van der Waals surface area contributed by atoms with Crippen LogP contribution < -0.4 is 10.5 Å². The third-order valence-electron chi connectivity index (χ3n) is 3.98. The van der Waals surface area contributed by atoms with Crippen molar-refractivity contribution < 1.29 is 4.74 Å². The zero-order chi connectivity index (χ0) is 13.5. The molecule has 0 aliphatic carbocycles. The fourth-order valence-electron chi connectivity index (χ4n) is 2.66. The van der Waals surface area contributed by atoms with E-state index in [1.807, 2.05) is 12.1 Å². The average molecular weight is 262 g/mol. The van der Waals surface area contributed by atoms with Crippen LogP contribution >= 0.6 is 0 Å². The average Bonchev–Trinajstić information content (AvgIpc) is 2.43. The molecule has 0 aromatic heterocycles. The predicted octanol–water partition coefficient (Wildman–Crippen LogP) is 2.43. The van der Waals surface area contributed by atoms with E-state index in [1.165, 1.54) is 37.9 Å². The van der Waals surface area contributed by atoms with Gasteiger partial charge in [-0.2, -0.15) is 0 Å². The molecule has 3 nitrogen and oxygen atoms in total. The van der Waals surface area contributed by atoms with Crippen molar-refractivity contribution in [3.63, 3.8) is 0 Å². The van der Waals surface area contributed by atoms with Gasteiger partial charge in [-0.05, 0) is 63.9 Å². The van der Waals surface area contributed by atoms with Gasteiger partial charge in [-0.3, -0.25) is 4.90 Å². The molecule has 1 saturated heterocycles. The van der Waals surface area contributed by atoms with Gasteiger partial charge in [0.1, 0.15) is 12.4 Å². The van der Waals surface area contributed by atoms with E-state index in [9.17, 15) is 0 Å². The van der Waals surface area contributed by atoms with Gasteiger partial charge in [0.25, 0.3) is 0 Å². The minimum atomic E-state index is 0.782. The molecule has 1 aromatic carbocycles. The van der Waals surface area contributed by atoms with Gasteiger partial charge in [0.2, 0.25) is 0 Å². The van der Waals surface area contributed by atoms with Crippen LogP contribution in [0.3, 0.4) is 0 Å². The van der Waals surface area contributed by atoms with Crippen LogP contribution in [-0.4, -0.2) is 37.7 Å². The summed E-state index contributed by atoms with van der Waals surface area (Å²) in [6.45, 7) is 7.13. The Balaban J connectivity index is 1.63. The van der Waals surface area contributed by atoms with Gasteiger partial charge in [-0.15, -0.1) is 0 Å². The van der Waals surface area contributed by atoms with Crippen LogP contribution in [0.25, 0.3) is 0 Å². The summed E-state index contributed by atoms with van der Waals surface area (Å²) < 4.78 is 5.78. The first-order valence-electron chi connectivity index (χ1n) is 7.40. The highest BCUT2D eigenvalue weighted by Gasteiger charge is 2.17. The summed E-state index contributed by atoms with van der Waals surface area (Å²) in [5.41, 5.74) is 6.89. The van der Waals surface area contributed by atoms with E-state index in [2.05, 4.69) is 24.0 Å². The number of rotatable bonds is 6. The highest BCUT2D eigenvalue weighted by Crippen LogP contribution is 2.19. The van der Waals surface area contributed by atoms with Gasteiger partial charge in [-0.1, -0.05) is 17.7 Å². The molecule has 0 bridgehead atoms. The lowest BCUT2D eigenvalue weighted by atomic mass is 9.94. The van der Waals surface area contributed by atoms with Crippen LogP contribution in [-0.2, 0) is 0 Å². The number of hydrogen-bond acceptors (Lipinski definition) is 3. The molecule has 0 spiro atoms. The van der Waals surface area contributed by atoms with Crippen molar-refractivity contribution in [2.24, 2.45) is 11.7 Å². The first-order chi connectivity index (χ1) is 9.28. The summed E-state index contributed by atoms with van der Waals surface area (Å²) in [5, 5.41) is 0. The minimum Gasteiger partial charge on any atom is -0.492 e. The standard InChI is InChI=1S/C16H26N2O/c1-14-2-4-16(5-3-14)19-13-12-18-10-7-15(6-9-17)8-11-18/h2-5,15H,6-13,17H2,1H3. The third kappa shape index (κ3) is 4.84. The minimum absolute atomic E-state index is 0.782. The van der Waals surface area contributed by atoms with Gasteiger partial charge >= 0.3 is 0 Å². The largest absolute Gasteiger partial charge is 0.492 e. The molecule has 2 rings (SSSR count). The molecule has 1 aliphatic heterocycles. The number of nitrogens with two attached hydrogens (primary N) is 1. The Labute approximate surface area is 116 Å². The van der Waals surface area contributed by atoms with E-state index < -0.39 is 0 Å². The number of benzene rings is 1. The third-order valence-corrected chi connectivity index (χ3v) is 3.98. The summed E-state index contributed by atoms with van der Waals surface area (Å²) in [7, 11) is 0. The molecule has 106 valence electrons. The number of aryl methyl sites for hydroxylation is 1. The molecule has 1 aliphatic rings. The lowest BCUT2D eigenvalue weighted by Crippen LogP contribution is -2.36. The first-order valence-corrected chi connectivity index (χ1v) is 7.40. The zero-order valence-corrected chi connectivity index (χ0v) is 12.0. The van der Waals surface area contributed by atoms with Crippen molar-refractivity contribution >= 4 is 0 Å². The van der Waals surface area contributed by atoms with Crippen molar-refractivity contribution in [2.75, 3.05) is 32.8 Å². The summed E-state index contributed by atoms with van der Waals surface area (Å²) >= 11 is 0. The lowest BCUT2D eigenvalue weighted by Gasteiger charge is -2.31. The number of piperidine rings is 1. The van der Waals surface area contributed by atoms with Crippen molar-refractivity contribution in [2.45, 2.75) is 26.2 Å². The quantitative estimate of drug-likeness (QED) is 0.855. The van der Waals surface area contributed by atoms with E-state index in [-0.39, 0.29) is 0 Å². The summed E-state index contributed by atoms with van der Waals surface area (Å²) in [6.07, 6.45) is 3.77. The number of nitrogens with zero attached hydrogens (tertiary/aromatic N) is 1. The maximum absolute atomic E-state index is 5.78. The molecule has 0 radical (unpaired) electrons. The van der Waals surface area contributed by atoms with Crippen LogP contribution in [0.4, 0.5) is 0 Å². The van der Waals surface area contributed by atoms with Gasteiger partial charge < -0.3 is 10.5 Å². The van der Waals surface area contributed by atoms with Gasteiger partial charge in [0.15, 0.2) is 0 Å². The monoisotopic (exact) mass is 262 g/mol. The lowest BCUT2D eigenvalue weighted by molar-refractivity contribution is 0.152. The molecule has 2 N–H and O–H groups in total. The Bertz CT molecular complexity index is 356. The van der Waals surface area contributed by atoms with E-state index in [1.54, 1.807) is 0 Å². The molecular formula is C16H26N2O. The highest BCUT2D eigenvalue weighted by atomic mass is 16.5. The molecule has 1 aromatic rings. The molecule has 0 unspecified atom stereocenters. The Hall–Kier alpha value is -1.06. The maximum Gasteiger partial charge on any atom is 0.119 e. The van der Waals surface area contributed by atoms with Crippen LogP contribution in [0.1, 0.15) is 24.8 Å². The number of ether oxygens (including phenoxy) is 1. The Morgan fingerprint density at radius 1 is 1.21 bits per heavy atom. The second kappa shape index (κ2) is 7.51. The van der Waals surface area contributed by atoms with Crippen LogP contribution in [0, 0.1) is 12.8 Å². The molecule has 3 heteroatoms. The van der Waals surface area contributed by atoms with Crippen LogP contribution in [0.5, 0.6) is 5.75 Å². The topological polar surface area (TPSA) is 38.5 Å². The molecule has 1 heterocycles. The summed E-state index contributed by atoms with van der Waals surface area (Å²) in [6, 6.07) is 8.27. The summed E-state index contributed by atoms with van der Waals surface area (Å²) in [4.78, 5) is 2.50. The zero-order valence-electron chi connectivity index (χ0n) is 12.0. The van der Waals surface area contributed by atoms with Gasteiger partial charge in [-0.25, -0.2) is 0 Å². The Morgan fingerprint density at radius 3 is 2.53 bits per heavy atom. The van der Waals surface area contributed by atoms with Crippen molar-refractivity contribution in [3.8, 4) is 5.75 Å². The number of hydrogen-bond donors (Lipinski definition) is 1. The van der Waals surface area contributed by atoms with E-state index >= 15 is 0 Å². The second-order valence-corrected chi connectivity index (χ2v) is 5.52. The fraction of sp³-hybridized carbons (Fsp3) is 0.625. The molecule has 0 atom stereocenters. The smallest absolute Gasteiger partial charge is 0.119 e. The normalized spacial score (nSPS) is 17.6. The maximum atomic E-state index is 5.78. The van der Waals surface area contributed by atoms with Crippen molar-refractivity contribution in [1.82, 2.24) is 4.90 Å². The molecule has 0 amide bonds. The highest BCUT2D eigenvalue weighted by molar-refractivity contribution is 5.26. The first kappa shape index (κ1) is 14.4. The van der Waals surface area contributed by atoms with E-state index in [4.69, 9.17) is 10.5 Å². The second-order valence-electron chi connectivity index (χ2n) is 5.52. The van der Waals surface area contributed by atoms with Crippen LogP contribution in [0.2, 0.25) is 0 Å². The Morgan fingerprint density at radius 2 is 1.89 bits per heavy atom. The molecular weight excluding hydrogens is 236 g/mol. The Kier molecular flexibility index (Phi) is 5.67. The van der Waals surface area contributed by atoms with Crippen LogP contribution in [0.15, 0.2) is 24.3 Å². The predicted molar refractivity (Wildman–Crippen MR) is 79.5 cm³/mol.